The largest absolute Gasteiger partial charge is 0.489 e. The summed E-state index contributed by atoms with van der Waals surface area (Å²) in [7, 11) is 0. The Bertz CT molecular complexity index is 1230. The van der Waals surface area contributed by atoms with Crippen LogP contribution in [0, 0.1) is 12.3 Å². The average Bonchev–Trinajstić information content (AvgIpc) is 2.91. The fourth-order valence-electron chi connectivity index (χ4n) is 4.03. The molecule has 174 valence electrons. The Morgan fingerprint density at radius 3 is 2.33 bits per heavy atom. The number of halogens is 3. The summed E-state index contributed by atoms with van der Waals surface area (Å²) in [5.41, 5.74) is 5.88. The summed E-state index contributed by atoms with van der Waals surface area (Å²) < 4.78 is 57.1. The van der Waals surface area contributed by atoms with Crippen LogP contribution < -0.4 is 20.5 Å². The number of hydrogen-bond acceptors (Lipinski definition) is 7. The van der Waals surface area contributed by atoms with Crippen LogP contribution in [0.25, 0.3) is 10.9 Å². The van der Waals surface area contributed by atoms with Crippen LogP contribution in [-0.4, -0.2) is 36.4 Å². The standard InChI is InChI=1S/C23H23F3N4O3/c1-12(14-3-15(23(24,25)26)5-16(27)4-14)28-21-17-6-19-20(7-18(17)29-13(2)30-21)33-11-22(10-32-19)8-31-9-22/h3-7,12H,8-11,27H2,1-2H3,(H,28,29,30). The van der Waals surface area contributed by atoms with Crippen molar-refractivity contribution >= 4 is 22.4 Å². The van der Waals surface area contributed by atoms with E-state index in [1.165, 1.54) is 6.07 Å². The van der Waals surface area contributed by atoms with Crippen LogP contribution in [0.15, 0.2) is 30.3 Å². The lowest BCUT2D eigenvalue weighted by Crippen LogP contribution is -2.50. The number of hydrogen-bond donors (Lipinski definition) is 2. The SMILES string of the molecule is Cc1nc(NC(C)c2cc(N)cc(C(F)(F)F)c2)c2cc3c(cc2n1)OCC1(COC1)CO3. The van der Waals surface area contributed by atoms with Crippen LogP contribution >= 0.6 is 0 Å². The summed E-state index contributed by atoms with van der Waals surface area (Å²) in [6.07, 6.45) is -4.49. The van der Waals surface area contributed by atoms with Gasteiger partial charge in [0.15, 0.2) is 11.5 Å². The van der Waals surface area contributed by atoms with E-state index in [4.69, 9.17) is 19.9 Å². The number of aromatic nitrogens is 2. The molecule has 2 aromatic carbocycles. The van der Waals surface area contributed by atoms with E-state index in [1.807, 2.05) is 0 Å². The first-order valence-corrected chi connectivity index (χ1v) is 10.5. The van der Waals surface area contributed by atoms with Crippen molar-refractivity contribution in [2.75, 3.05) is 37.5 Å². The van der Waals surface area contributed by atoms with Crippen LogP contribution in [0.1, 0.15) is 29.9 Å². The molecule has 2 aliphatic heterocycles. The molecule has 1 atom stereocenters. The van der Waals surface area contributed by atoms with E-state index >= 15 is 0 Å². The highest BCUT2D eigenvalue weighted by atomic mass is 19.4. The van der Waals surface area contributed by atoms with Gasteiger partial charge in [-0.25, -0.2) is 9.97 Å². The molecule has 0 amide bonds. The molecule has 1 unspecified atom stereocenters. The first kappa shape index (κ1) is 21.6. The van der Waals surface area contributed by atoms with Crippen molar-refractivity contribution in [3.8, 4) is 11.5 Å². The average molecular weight is 460 g/mol. The highest BCUT2D eigenvalue weighted by molar-refractivity contribution is 5.92. The van der Waals surface area contributed by atoms with E-state index in [1.54, 1.807) is 26.0 Å². The van der Waals surface area contributed by atoms with Crippen molar-refractivity contribution in [2.24, 2.45) is 5.41 Å². The lowest BCUT2D eigenvalue weighted by atomic mass is 9.88. The quantitative estimate of drug-likeness (QED) is 0.556. The Kier molecular flexibility index (Phi) is 5.00. The summed E-state index contributed by atoms with van der Waals surface area (Å²) in [4.78, 5) is 9.00. The number of anilines is 2. The van der Waals surface area contributed by atoms with E-state index in [0.29, 0.717) is 66.0 Å². The monoisotopic (exact) mass is 460 g/mol. The van der Waals surface area contributed by atoms with Gasteiger partial charge in [0.1, 0.15) is 24.9 Å². The molecule has 7 nitrogen and oxygen atoms in total. The maximum absolute atomic E-state index is 13.2. The maximum atomic E-state index is 13.2. The summed E-state index contributed by atoms with van der Waals surface area (Å²) in [6.45, 7) is 5.65. The second-order valence-electron chi connectivity index (χ2n) is 8.76. The van der Waals surface area contributed by atoms with Gasteiger partial charge in [0.2, 0.25) is 0 Å². The molecule has 5 rings (SSSR count). The molecule has 33 heavy (non-hydrogen) atoms. The van der Waals surface area contributed by atoms with E-state index in [0.717, 1.165) is 12.1 Å². The van der Waals surface area contributed by atoms with Gasteiger partial charge >= 0.3 is 6.18 Å². The fraction of sp³-hybridized carbons (Fsp3) is 0.391. The highest BCUT2D eigenvalue weighted by Crippen LogP contribution is 2.41. The topological polar surface area (TPSA) is 91.5 Å². The Morgan fingerprint density at radius 1 is 1.00 bits per heavy atom. The number of nitrogens with one attached hydrogen (secondary N) is 1. The number of nitrogens with zero attached hydrogens (tertiary/aromatic N) is 2. The zero-order chi connectivity index (χ0) is 23.4. The second kappa shape index (κ2) is 7.65. The molecule has 3 heterocycles. The van der Waals surface area contributed by atoms with E-state index < -0.39 is 17.8 Å². The Morgan fingerprint density at radius 2 is 1.70 bits per heavy atom. The number of benzene rings is 2. The summed E-state index contributed by atoms with van der Waals surface area (Å²) in [6, 6.07) is 6.64. The predicted molar refractivity (Wildman–Crippen MR) is 116 cm³/mol. The molecule has 1 spiro atoms. The van der Waals surface area contributed by atoms with Crippen LogP contribution in [0.4, 0.5) is 24.7 Å². The van der Waals surface area contributed by atoms with Gasteiger partial charge in [0.25, 0.3) is 0 Å². The van der Waals surface area contributed by atoms with Gasteiger partial charge in [-0.05, 0) is 43.7 Å². The Hall–Kier alpha value is -3.27. The number of aryl methyl sites for hydroxylation is 1. The number of nitrogen functional groups attached to an aromatic ring is 1. The van der Waals surface area contributed by atoms with Crippen molar-refractivity contribution in [3.05, 3.63) is 47.3 Å². The molecule has 1 aromatic heterocycles. The molecular weight excluding hydrogens is 437 g/mol. The van der Waals surface area contributed by atoms with Crippen LogP contribution in [-0.2, 0) is 10.9 Å². The number of nitrogens with two attached hydrogens (primary N) is 1. The van der Waals surface area contributed by atoms with Crippen molar-refractivity contribution in [2.45, 2.75) is 26.1 Å². The van der Waals surface area contributed by atoms with Gasteiger partial charge in [-0.2, -0.15) is 13.2 Å². The molecule has 3 N–H and O–H groups in total. The van der Waals surface area contributed by atoms with Gasteiger partial charge in [-0.15, -0.1) is 0 Å². The third-order valence-electron chi connectivity index (χ3n) is 5.92. The molecule has 0 aliphatic carbocycles. The molecule has 0 bridgehead atoms. The van der Waals surface area contributed by atoms with Gasteiger partial charge in [0.05, 0.1) is 35.8 Å². The highest BCUT2D eigenvalue weighted by Gasteiger charge is 2.42. The van der Waals surface area contributed by atoms with E-state index in [9.17, 15) is 13.2 Å². The minimum atomic E-state index is -4.49. The van der Waals surface area contributed by atoms with Crippen LogP contribution in [0.5, 0.6) is 11.5 Å². The van der Waals surface area contributed by atoms with Gasteiger partial charge in [-0.1, -0.05) is 0 Å². The third kappa shape index (κ3) is 4.10. The third-order valence-corrected chi connectivity index (χ3v) is 5.92. The molecule has 10 heteroatoms. The van der Waals surface area contributed by atoms with E-state index in [2.05, 4.69) is 15.3 Å². The van der Waals surface area contributed by atoms with Crippen molar-refractivity contribution < 1.29 is 27.4 Å². The molecular formula is C23H23F3N4O3. The maximum Gasteiger partial charge on any atom is 0.416 e. The summed E-state index contributed by atoms with van der Waals surface area (Å²) in [5, 5.41) is 3.89. The minimum absolute atomic E-state index is 0.0435. The minimum Gasteiger partial charge on any atom is -0.489 e. The Balaban J connectivity index is 1.49. The first-order valence-electron chi connectivity index (χ1n) is 10.5. The summed E-state index contributed by atoms with van der Waals surface area (Å²) >= 11 is 0. The molecule has 3 aromatic rings. The predicted octanol–water partition coefficient (Wildman–Crippen LogP) is 4.50. The number of alkyl halides is 3. The van der Waals surface area contributed by atoms with E-state index in [-0.39, 0.29) is 11.1 Å². The molecule has 2 aliphatic rings. The number of rotatable bonds is 3. The first-order chi connectivity index (χ1) is 15.6. The Labute approximate surface area is 188 Å². The van der Waals surface area contributed by atoms with Crippen molar-refractivity contribution in [3.63, 3.8) is 0 Å². The second-order valence-corrected chi connectivity index (χ2v) is 8.76. The lowest BCUT2D eigenvalue weighted by Gasteiger charge is -2.38. The van der Waals surface area contributed by atoms with Gasteiger partial charge in [-0.3, -0.25) is 0 Å². The number of ether oxygens (including phenoxy) is 3. The zero-order valence-corrected chi connectivity index (χ0v) is 18.1. The molecule has 1 saturated heterocycles. The van der Waals surface area contributed by atoms with Crippen LogP contribution in [0.2, 0.25) is 0 Å². The fourth-order valence-corrected chi connectivity index (χ4v) is 4.03. The smallest absolute Gasteiger partial charge is 0.416 e. The normalized spacial score (nSPS) is 18.0. The number of fused-ring (bicyclic) bond motifs is 2. The molecule has 0 saturated carbocycles. The van der Waals surface area contributed by atoms with Crippen molar-refractivity contribution in [1.29, 1.82) is 0 Å². The van der Waals surface area contributed by atoms with Gasteiger partial charge < -0.3 is 25.3 Å². The van der Waals surface area contributed by atoms with Crippen LogP contribution in [0.3, 0.4) is 0 Å². The van der Waals surface area contributed by atoms with Gasteiger partial charge in [0, 0.05) is 17.1 Å². The lowest BCUT2D eigenvalue weighted by molar-refractivity contribution is -0.143. The summed E-state index contributed by atoms with van der Waals surface area (Å²) in [5.74, 6) is 2.16. The van der Waals surface area contributed by atoms with Crippen molar-refractivity contribution in [1.82, 2.24) is 9.97 Å². The molecule has 0 radical (unpaired) electrons. The molecule has 1 fully saturated rings. The zero-order valence-electron chi connectivity index (χ0n) is 18.1.